The van der Waals surface area contributed by atoms with Gasteiger partial charge in [-0.1, -0.05) is 18.2 Å². The Kier molecular flexibility index (Phi) is 3.75. The van der Waals surface area contributed by atoms with Gasteiger partial charge in [0.2, 0.25) is 0 Å². The third-order valence-electron chi connectivity index (χ3n) is 1.94. The zero-order valence-corrected chi connectivity index (χ0v) is 8.45. The first-order valence-electron chi connectivity index (χ1n) is 4.46. The third-order valence-corrected chi connectivity index (χ3v) is 1.94. The molecule has 0 aliphatic rings. The van der Waals surface area contributed by atoms with Gasteiger partial charge in [0, 0.05) is 0 Å². The van der Waals surface area contributed by atoms with E-state index in [1.165, 1.54) is 0 Å². The fourth-order valence-electron chi connectivity index (χ4n) is 1.25. The lowest BCUT2D eigenvalue weighted by atomic mass is 10.1. The zero-order valence-electron chi connectivity index (χ0n) is 8.45. The van der Waals surface area contributed by atoms with E-state index in [4.69, 9.17) is 10.00 Å². The molecule has 0 saturated carbocycles. The van der Waals surface area contributed by atoms with E-state index in [1.54, 1.807) is 7.11 Å². The van der Waals surface area contributed by atoms with Crippen molar-refractivity contribution in [1.82, 2.24) is 0 Å². The average Bonchev–Trinajstić information content (AvgIpc) is 2.18. The molecule has 0 spiro atoms. The molecule has 0 heterocycles. The van der Waals surface area contributed by atoms with Gasteiger partial charge in [-0.3, -0.25) is 0 Å². The van der Waals surface area contributed by atoms with E-state index in [2.05, 4.69) is 6.07 Å². The second-order valence-corrected chi connectivity index (χ2v) is 2.99. The van der Waals surface area contributed by atoms with Gasteiger partial charge in [-0.25, -0.2) is 0 Å². The van der Waals surface area contributed by atoms with Crippen LogP contribution in [-0.2, 0) is 0 Å². The lowest BCUT2D eigenvalue weighted by Crippen LogP contribution is -1.86. The number of nitrogens with zero attached hydrogens (tertiary/aromatic N) is 1. The van der Waals surface area contributed by atoms with E-state index >= 15 is 0 Å². The minimum absolute atomic E-state index is 0.449. The van der Waals surface area contributed by atoms with Gasteiger partial charge < -0.3 is 4.74 Å². The Morgan fingerprint density at radius 1 is 1.50 bits per heavy atom. The van der Waals surface area contributed by atoms with Crippen molar-refractivity contribution >= 4 is 6.08 Å². The first-order valence-corrected chi connectivity index (χ1v) is 4.46. The first kappa shape index (κ1) is 10.3. The molecule has 0 fully saturated rings. The molecule has 1 rings (SSSR count). The predicted molar refractivity (Wildman–Crippen MR) is 57.0 cm³/mol. The quantitative estimate of drug-likeness (QED) is 0.728. The van der Waals surface area contributed by atoms with Gasteiger partial charge in [0.15, 0.2) is 0 Å². The molecule has 0 atom stereocenters. The van der Waals surface area contributed by atoms with Crippen molar-refractivity contribution in [2.24, 2.45) is 0 Å². The van der Waals surface area contributed by atoms with Crippen LogP contribution in [0.1, 0.15) is 17.5 Å². The van der Waals surface area contributed by atoms with Crippen LogP contribution in [0.4, 0.5) is 0 Å². The van der Waals surface area contributed by atoms with Gasteiger partial charge in [0.05, 0.1) is 19.6 Å². The first-order chi connectivity index (χ1) is 6.77. The topological polar surface area (TPSA) is 33.0 Å². The number of nitriles is 1. The molecular formula is C12H13NO. The molecule has 0 N–H and O–H groups in total. The lowest BCUT2D eigenvalue weighted by molar-refractivity contribution is 0.411. The molecule has 0 saturated heterocycles. The van der Waals surface area contributed by atoms with Gasteiger partial charge in [0.1, 0.15) is 5.75 Å². The number of aryl methyl sites for hydroxylation is 1. The smallest absolute Gasteiger partial charge is 0.121 e. The van der Waals surface area contributed by atoms with Crippen LogP contribution in [0.25, 0.3) is 6.08 Å². The van der Waals surface area contributed by atoms with E-state index in [0.29, 0.717) is 6.42 Å². The summed E-state index contributed by atoms with van der Waals surface area (Å²) in [7, 11) is 1.66. The summed E-state index contributed by atoms with van der Waals surface area (Å²) in [6, 6.07) is 8.00. The third kappa shape index (κ3) is 2.63. The Hall–Kier alpha value is -1.75. The minimum atomic E-state index is 0.449. The Labute approximate surface area is 84.4 Å². The summed E-state index contributed by atoms with van der Waals surface area (Å²) in [5.74, 6) is 0.891. The summed E-state index contributed by atoms with van der Waals surface area (Å²) in [4.78, 5) is 0. The number of allylic oxidation sites excluding steroid dienone is 1. The van der Waals surface area contributed by atoms with Crippen molar-refractivity contribution in [2.75, 3.05) is 7.11 Å². The van der Waals surface area contributed by atoms with E-state index in [1.807, 2.05) is 37.3 Å². The number of hydrogen-bond donors (Lipinski definition) is 0. The normalized spacial score (nSPS) is 10.1. The molecule has 0 radical (unpaired) electrons. The van der Waals surface area contributed by atoms with E-state index in [9.17, 15) is 0 Å². The van der Waals surface area contributed by atoms with Gasteiger partial charge in [-0.15, -0.1) is 0 Å². The lowest BCUT2D eigenvalue weighted by Gasteiger charge is -2.04. The van der Waals surface area contributed by atoms with Crippen LogP contribution in [0.5, 0.6) is 5.75 Å². The highest BCUT2D eigenvalue weighted by atomic mass is 16.5. The highest BCUT2D eigenvalue weighted by Crippen LogP contribution is 2.19. The van der Waals surface area contributed by atoms with E-state index < -0.39 is 0 Å². The molecule has 2 heteroatoms. The SMILES string of the molecule is COc1ccc(C=CCC#N)cc1C. The van der Waals surface area contributed by atoms with Crippen LogP contribution in [0.3, 0.4) is 0 Å². The molecule has 14 heavy (non-hydrogen) atoms. The Morgan fingerprint density at radius 2 is 2.29 bits per heavy atom. The van der Waals surface area contributed by atoms with Crippen molar-refractivity contribution in [3.63, 3.8) is 0 Å². The molecule has 0 unspecified atom stereocenters. The zero-order chi connectivity index (χ0) is 10.4. The summed E-state index contributed by atoms with van der Waals surface area (Å²) in [6.45, 7) is 2.00. The van der Waals surface area contributed by atoms with Crippen LogP contribution in [0, 0.1) is 18.3 Å². The van der Waals surface area contributed by atoms with Crippen LogP contribution < -0.4 is 4.74 Å². The highest BCUT2D eigenvalue weighted by Gasteiger charge is 1.96. The van der Waals surface area contributed by atoms with Crippen molar-refractivity contribution in [2.45, 2.75) is 13.3 Å². The van der Waals surface area contributed by atoms with E-state index in [-0.39, 0.29) is 0 Å². The van der Waals surface area contributed by atoms with E-state index in [0.717, 1.165) is 16.9 Å². The van der Waals surface area contributed by atoms with Gasteiger partial charge in [0.25, 0.3) is 0 Å². The largest absolute Gasteiger partial charge is 0.496 e. The van der Waals surface area contributed by atoms with Crippen LogP contribution >= 0.6 is 0 Å². The molecule has 0 bridgehead atoms. The second kappa shape index (κ2) is 5.08. The maximum Gasteiger partial charge on any atom is 0.121 e. The summed E-state index contributed by atoms with van der Waals surface area (Å²) in [5.41, 5.74) is 2.20. The molecule has 2 nitrogen and oxygen atoms in total. The van der Waals surface area contributed by atoms with Gasteiger partial charge in [-0.05, 0) is 30.2 Å². The molecule has 1 aromatic rings. The molecule has 0 aliphatic heterocycles. The fourth-order valence-corrected chi connectivity index (χ4v) is 1.25. The number of methoxy groups -OCH3 is 1. The summed E-state index contributed by atoms with van der Waals surface area (Å²) < 4.78 is 5.15. The highest BCUT2D eigenvalue weighted by molar-refractivity contribution is 5.53. The number of hydrogen-bond acceptors (Lipinski definition) is 2. The Morgan fingerprint density at radius 3 is 2.86 bits per heavy atom. The fraction of sp³-hybridized carbons (Fsp3) is 0.250. The molecule has 0 aliphatic carbocycles. The van der Waals surface area contributed by atoms with Gasteiger partial charge in [-0.2, -0.15) is 5.26 Å². The number of ether oxygens (including phenoxy) is 1. The van der Waals surface area contributed by atoms with Crippen LogP contribution in [0.2, 0.25) is 0 Å². The maximum atomic E-state index is 8.36. The second-order valence-electron chi connectivity index (χ2n) is 2.99. The number of benzene rings is 1. The number of rotatable bonds is 3. The Balaban J connectivity index is 2.82. The maximum absolute atomic E-state index is 8.36. The predicted octanol–water partition coefficient (Wildman–Crippen LogP) is 2.93. The standard InChI is InChI=1S/C12H13NO/c1-10-9-11(5-3-4-8-13)6-7-12(10)14-2/h3,5-7,9H,4H2,1-2H3. The summed E-state index contributed by atoms with van der Waals surface area (Å²) in [5, 5.41) is 8.36. The molecule has 1 aromatic carbocycles. The average molecular weight is 187 g/mol. The van der Waals surface area contributed by atoms with Crippen molar-refractivity contribution in [3.8, 4) is 11.8 Å². The van der Waals surface area contributed by atoms with Crippen molar-refractivity contribution in [1.29, 1.82) is 5.26 Å². The molecule has 72 valence electrons. The summed E-state index contributed by atoms with van der Waals surface area (Å²) in [6.07, 6.45) is 4.24. The monoisotopic (exact) mass is 187 g/mol. The van der Waals surface area contributed by atoms with Crippen molar-refractivity contribution in [3.05, 3.63) is 35.4 Å². The Bertz CT molecular complexity index is 374. The molecular weight excluding hydrogens is 174 g/mol. The molecule has 0 aromatic heterocycles. The van der Waals surface area contributed by atoms with Crippen molar-refractivity contribution < 1.29 is 4.74 Å². The minimum Gasteiger partial charge on any atom is -0.496 e. The summed E-state index contributed by atoms with van der Waals surface area (Å²) >= 11 is 0. The molecule has 0 amide bonds. The van der Waals surface area contributed by atoms with Crippen LogP contribution in [-0.4, -0.2) is 7.11 Å². The van der Waals surface area contributed by atoms with Gasteiger partial charge >= 0.3 is 0 Å². The van der Waals surface area contributed by atoms with Crippen LogP contribution in [0.15, 0.2) is 24.3 Å².